The number of fused-ring (bicyclic) bond motifs is 4. The number of hydrogen-bond donors (Lipinski definition) is 0. The highest BCUT2D eigenvalue weighted by atomic mass is 32.1. The smallest absolute Gasteiger partial charge is 0.160 e. The Morgan fingerprint density at radius 2 is 0.868 bits per heavy atom. The minimum absolute atomic E-state index is 0.678. The van der Waals surface area contributed by atoms with Crippen LogP contribution in [0.25, 0.3) is 98.5 Å². The van der Waals surface area contributed by atoms with Gasteiger partial charge in [0.2, 0.25) is 0 Å². The van der Waals surface area contributed by atoms with Gasteiger partial charge in [-0.25, -0.2) is 15.0 Å². The van der Waals surface area contributed by atoms with E-state index < -0.39 is 0 Å². The lowest BCUT2D eigenvalue weighted by Crippen LogP contribution is -1.96. The van der Waals surface area contributed by atoms with Crippen LogP contribution in [0, 0.1) is 0 Å². The summed E-state index contributed by atoms with van der Waals surface area (Å²) in [6.07, 6.45) is 0. The van der Waals surface area contributed by atoms with E-state index in [1.54, 1.807) is 0 Å². The predicted molar refractivity (Wildman–Crippen MR) is 223 cm³/mol. The molecule has 0 radical (unpaired) electrons. The summed E-state index contributed by atoms with van der Waals surface area (Å²) in [5.41, 5.74) is 12.7. The number of rotatable bonds is 6. The molecular formula is C49H31N3S. The summed E-state index contributed by atoms with van der Waals surface area (Å²) in [5, 5.41) is 3.32. The second kappa shape index (κ2) is 13.1. The normalized spacial score (nSPS) is 11.4. The molecule has 0 aliphatic rings. The molecule has 3 aromatic heterocycles. The van der Waals surface area contributed by atoms with Crippen molar-refractivity contribution < 1.29 is 0 Å². The van der Waals surface area contributed by atoms with Crippen molar-refractivity contribution in [1.29, 1.82) is 0 Å². The first-order valence-electron chi connectivity index (χ1n) is 17.8. The van der Waals surface area contributed by atoms with E-state index in [-0.39, 0.29) is 0 Å². The van der Waals surface area contributed by atoms with Crippen molar-refractivity contribution in [3.8, 4) is 66.6 Å². The number of para-hydroxylation sites is 1. The molecule has 0 amide bonds. The highest BCUT2D eigenvalue weighted by Crippen LogP contribution is 2.50. The summed E-state index contributed by atoms with van der Waals surface area (Å²) in [5.74, 6) is 0.678. The van der Waals surface area contributed by atoms with Crippen molar-refractivity contribution >= 4 is 43.2 Å². The van der Waals surface area contributed by atoms with Crippen LogP contribution >= 0.6 is 11.3 Å². The molecule has 7 aromatic carbocycles. The van der Waals surface area contributed by atoms with Crippen LogP contribution < -0.4 is 0 Å². The van der Waals surface area contributed by atoms with Crippen molar-refractivity contribution in [2.75, 3.05) is 0 Å². The van der Waals surface area contributed by atoms with E-state index in [0.717, 1.165) is 49.9 Å². The zero-order chi connectivity index (χ0) is 35.1. The van der Waals surface area contributed by atoms with Gasteiger partial charge in [-0.15, -0.1) is 11.3 Å². The Morgan fingerprint density at radius 1 is 0.340 bits per heavy atom. The zero-order valence-corrected chi connectivity index (χ0v) is 29.5. The second-order valence-electron chi connectivity index (χ2n) is 13.2. The predicted octanol–water partition coefficient (Wildman–Crippen LogP) is 13.4. The zero-order valence-electron chi connectivity index (χ0n) is 28.6. The van der Waals surface area contributed by atoms with Crippen LogP contribution in [-0.4, -0.2) is 15.0 Å². The Bertz CT molecular complexity index is 2900. The number of aromatic nitrogens is 3. The highest BCUT2D eigenvalue weighted by molar-refractivity contribution is 7.24. The van der Waals surface area contributed by atoms with Gasteiger partial charge in [0.05, 0.1) is 22.4 Å². The molecule has 4 heteroatoms. The molecule has 10 aromatic rings. The minimum Gasteiger partial charge on any atom is -0.247 e. The summed E-state index contributed by atoms with van der Waals surface area (Å²) in [4.78, 5) is 17.1. The van der Waals surface area contributed by atoms with Gasteiger partial charge in [0.15, 0.2) is 5.82 Å². The highest BCUT2D eigenvalue weighted by Gasteiger charge is 2.23. The van der Waals surface area contributed by atoms with Crippen LogP contribution in [0.4, 0.5) is 0 Å². The molecule has 3 nitrogen and oxygen atoms in total. The van der Waals surface area contributed by atoms with Crippen molar-refractivity contribution in [2.45, 2.75) is 0 Å². The third-order valence-electron chi connectivity index (χ3n) is 9.89. The minimum atomic E-state index is 0.678. The van der Waals surface area contributed by atoms with Crippen LogP contribution in [0.15, 0.2) is 188 Å². The number of hydrogen-bond acceptors (Lipinski definition) is 4. The molecule has 0 saturated heterocycles. The maximum atomic E-state index is 5.49. The third-order valence-corrected chi connectivity index (χ3v) is 11.2. The fourth-order valence-electron chi connectivity index (χ4n) is 7.33. The first kappa shape index (κ1) is 31.0. The summed E-state index contributed by atoms with van der Waals surface area (Å²) >= 11 is 1.84. The van der Waals surface area contributed by atoms with E-state index in [2.05, 4.69) is 176 Å². The second-order valence-corrected chi connectivity index (χ2v) is 14.2. The number of pyridine rings is 1. The van der Waals surface area contributed by atoms with Gasteiger partial charge in [-0.1, -0.05) is 176 Å². The number of nitrogens with zero attached hydrogens (tertiary/aromatic N) is 3. The van der Waals surface area contributed by atoms with E-state index in [4.69, 9.17) is 15.0 Å². The van der Waals surface area contributed by atoms with Crippen molar-refractivity contribution in [3.63, 3.8) is 0 Å². The van der Waals surface area contributed by atoms with Gasteiger partial charge >= 0.3 is 0 Å². The fraction of sp³-hybridized carbons (Fsp3) is 0. The fourth-order valence-corrected chi connectivity index (χ4v) is 8.70. The lowest BCUT2D eigenvalue weighted by molar-refractivity contribution is 1.23. The first-order valence-corrected chi connectivity index (χ1v) is 18.6. The SMILES string of the molecule is c1ccc(-c2ccc(-c3nc(-c4ccc5c(c4)nc(-c4ccccc4)c4c(-c6ccccc6)c(-c6ccccc6)sc45)nc4ccccc34)cc2)cc1. The van der Waals surface area contributed by atoms with Crippen LogP contribution in [0.1, 0.15) is 0 Å². The van der Waals surface area contributed by atoms with Crippen LogP contribution in [0.2, 0.25) is 0 Å². The summed E-state index contributed by atoms with van der Waals surface area (Å²) in [7, 11) is 0. The molecule has 3 heterocycles. The van der Waals surface area contributed by atoms with Crippen LogP contribution in [-0.2, 0) is 0 Å². The Kier molecular flexibility index (Phi) is 7.67. The monoisotopic (exact) mass is 693 g/mol. The Hall–Kier alpha value is -6.75. The molecule has 0 spiro atoms. The average molecular weight is 694 g/mol. The molecule has 53 heavy (non-hydrogen) atoms. The van der Waals surface area contributed by atoms with Gasteiger partial charge in [0.25, 0.3) is 0 Å². The first-order chi connectivity index (χ1) is 26.3. The average Bonchev–Trinajstić information content (AvgIpc) is 3.65. The lowest BCUT2D eigenvalue weighted by Gasteiger charge is -2.12. The van der Waals surface area contributed by atoms with Crippen LogP contribution in [0.3, 0.4) is 0 Å². The maximum absolute atomic E-state index is 5.49. The van der Waals surface area contributed by atoms with E-state index in [1.807, 2.05) is 23.5 Å². The summed E-state index contributed by atoms with van der Waals surface area (Å²) in [6, 6.07) is 65.9. The van der Waals surface area contributed by atoms with Crippen molar-refractivity contribution in [2.24, 2.45) is 0 Å². The van der Waals surface area contributed by atoms with E-state index >= 15 is 0 Å². The van der Waals surface area contributed by atoms with Gasteiger partial charge in [0.1, 0.15) is 0 Å². The topological polar surface area (TPSA) is 38.7 Å². The summed E-state index contributed by atoms with van der Waals surface area (Å²) < 4.78 is 1.22. The lowest BCUT2D eigenvalue weighted by atomic mass is 9.95. The van der Waals surface area contributed by atoms with Crippen LogP contribution in [0.5, 0.6) is 0 Å². The molecule has 0 unspecified atom stereocenters. The van der Waals surface area contributed by atoms with Crippen molar-refractivity contribution in [3.05, 3.63) is 188 Å². The molecule has 0 bridgehead atoms. The van der Waals surface area contributed by atoms with Gasteiger partial charge in [-0.05, 0) is 34.4 Å². The number of benzene rings is 7. The Labute approximate surface area is 311 Å². The quantitative estimate of drug-likeness (QED) is 0.174. The Morgan fingerprint density at radius 3 is 1.57 bits per heavy atom. The molecule has 10 rings (SSSR count). The molecule has 0 atom stereocenters. The van der Waals surface area contributed by atoms with Gasteiger partial charge in [-0.3, -0.25) is 0 Å². The molecule has 0 aliphatic heterocycles. The molecule has 0 N–H and O–H groups in total. The van der Waals surface area contributed by atoms with E-state index in [1.165, 1.54) is 42.8 Å². The third kappa shape index (κ3) is 5.57. The molecule has 248 valence electrons. The molecule has 0 saturated carbocycles. The van der Waals surface area contributed by atoms with Gasteiger partial charge < -0.3 is 0 Å². The molecular weight excluding hydrogens is 663 g/mol. The van der Waals surface area contributed by atoms with Gasteiger partial charge in [-0.2, -0.15) is 0 Å². The van der Waals surface area contributed by atoms with Gasteiger partial charge in [0, 0.05) is 48.0 Å². The standard InChI is InChI=1S/C49H31N3S/c1-5-15-32(16-6-1)33-25-27-36(28-26-33)45-39-23-13-14-24-41(39)51-49(52-45)38-29-30-40-42(31-38)50-46(35-19-9-3-10-20-35)44-43(34-17-7-2-8-18-34)47(53-48(40)44)37-21-11-4-12-22-37/h1-31H. The molecule has 0 aliphatic carbocycles. The molecule has 0 fully saturated rings. The summed E-state index contributed by atoms with van der Waals surface area (Å²) in [6.45, 7) is 0. The number of thiophene rings is 1. The Balaban J connectivity index is 1.19. The maximum Gasteiger partial charge on any atom is 0.160 e. The van der Waals surface area contributed by atoms with E-state index in [0.29, 0.717) is 5.82 Å². The van der Waals surface area contributed by atoms with Crippen molar-refractivity contribution in [1.82, 2.24) is 15.0 Å². The largest absolute Gasteiger partial charge is 0.247 e. The van der Waals surface area contributed by atoms with E-state index in [9.17, 15) is 0 Å².